The molecule has 1 aliphatic heterocycles. The van der Waals surface area contributed by atoms with Gasteiger partial charge in [0.25, 0.3) is 5.91 Å². The Balaban J connectivity index is 2.03. The predicted octanol–water partition coefficient (Wildman–Crippen LogP) is 5.67. The van der Waals surface area contributed by atoms with E-state index in [1.165, 1.54) is 17.7 Å². The van der Waals surface area contributed by atoms with Crippen molar-refractivity contribution in [2.75, 3.05) is 6.54 Å². The Bertz CT molecular complexity index is 738. The van der Waals surface area contributed by atoms with Gasteiger partial charge in [-0.3, -0.25) is 4.79 Å². The normalized spacial score (nSPS) is 23.7. The van der Waals surface area contributed by atoms with Crippen molar-refractivity contribution in [1.29, 1.82) is 0 Å². The summed E-state index contributed by atoms with van der Waals surface area (Å²) >= 11 is 6.39. The van der Waals surface area contributed by atoms with Gasteiger partial charge in [-0.25, -0.2) is 4.79 Å². The molecule has 1 aromatic rings. The van der Waals surface area contributed by atoms with Crippen molar-refractivity contribution in [2.24, 2.45) is 5.41 Å². The molecule has 2 atom stereocenters. The molecule has 1 saturated carbocycles. The fraction of sp³-hybridized carbons (Fsp3) is 0.652. The molecule has 29 heavy (non-hydrogen) atoms. The van der Waals surface area contributed by atoms with E-state index in [4.69, 9.17) is 11.6 Å². The summed E-state index contributed by atoms with van der Waals surface area (Å²) in [6.45, 7) is 6.66. The highest BCUT2D eigenvalue weighted by Gasteiger charge is 2.49. The summed E-state index contributed by atoms with van der Waals surface area (Å²) < 4.78 is 0. The molecule has 2 fully saturated rings. The van der Waals surface area contributed by atoms with Crippen LogP contribution < -0.4 is 0 Å². The predicted molar refractivity (Wildman–Crippen MR) is 115 cm³/mol. The van der Waals surface area contributed by atoms with E-state index in [1.54, 1.807) is 12.1 Å². The third kappa shape index (κ3) is 4.71. The van der Waals surface area contributed by atoms with Crippen LogP contribution in [0.2, 0.25) is 5.02 Å². The van der Waals surface area contributed by atoms with E-state index in [-0.39, 0.29) is 29.4 Å². The van der Waals surface area contributed by atoms with Crippen molar-refractivity contribution in [1.82, 2.24) is 9.80 Å². The monoisotopic (exact) mass is 420 g/mol. The van der Waals surface area contributed by atoms with Gasteiger partial charge in [0, 0.05) is 12.6 Å². The van der Waals surface area contributed by atoms with Crippen LogP contribution in [0.5, 0.6) is 0 Å². The van der Waals surface area contributed by atoms with Gasteiger partial charge >= 0.3 is 6.09 Å². The molecular weight excluding hydrogens is 388 g/mol. The fourth-order valence-electron chi connectivity index (χ4n) is 5.22. The van der Waals surface area contributed by atoms with Crippen LogP contribution in [0.3, 0.4) is 0 Å². The number of benzene rings is 1. The van der Waals surface area contributed by atoms with Gasteiger partial charge < -0.3 is 14.9 Å². The van der Waals surface area contributed by atoms with Gasteiger partial charge in [-0.15, -0.1) is 0 Å². The average molecular weight is 421 g/mol. The third-order valence-electron chi connectivity index (χ3n) is 6.41. The first-order valence-corrected chi connectivity index (χ1v) is 11.2. The van der Waals surface area contributed by atoms with Gasteiger partial charge in [0.2, 0.25) is 0 Å². The van der Waals surface area contributed by atoms with Crippen LogP contribution in [0.15, 0.2) is 24.3 Å². The highest BCUT2D eigenvalue weighted by atomic mass is 35.5. The molecule has 6 heteroatoms. The summed E-state index contributed by atoms with van der Waals surface area (Å²) in [6, 6.07) is 6.94. The maximum atomic E-state index is 13.8. The average Bonchev–Trinajstić information content (AvgIpc) is 2.93. The van der Waals surface area contributed by atoms with Crippen LogP contribution in [0, 0.1) is 5.41 Å². The second kappa shape index (κ2) is 8.95. The number of likely N-dealkylation sites (tertiary alicyclic amines) is 1. The molecule has 1 aromatic carbocycles. The molecule has 5 nitrogen and oxygen atoms in total. The highest BCUT2D eigenvalue weighted by molar-refractivity contribution is 6.33. The smallest absolute Gasteiger partial charge is 0.407 e. The lowest BCUT2D eigenvalue weighted by atomic mass is 9.81. The molecule has 1 N–H and O–H groups in total. The van der Waals surface area contributed by atoms with Gasteiger partial charge in [0.1, 0.15) is 0 Å². The summed E-state index contributed by atoms with van der Waals surface area (Å²) in [7, 11) is 0. The zero-order valence-electron chi connectivity index (χ0n) is 17.7. The van der Waals surface area contributed by atoms with Crippen molar-refractivity contribution in [2.45, 2.75) is 83.8 Å². The lowest BCUT2D eigenvalue weighted by molar-refractivity contribution is 0.0310. The Morgan fingerprint density at radius 2 is 1.69 bits per heavy atom. The van der Waals surface area contributed by atoms with E-state index in [9.17, 15) is 14.7 Å². The summed E-state index contributed by atoms with van der Waals surface area (Å²) in [5.41, 5.74) is 0.239. The number of halogens is 1. The molecule has 2 aliphatic rings. The van der Waals surface area contributed by atoms with E-state index in [0.29, 0.717) is 23.6 Å². The van der Waals surface area contributed by atoms with Crippen molar-refractivity contribution in [3.05, 3.63) is 34.9 Å². The van der Waals surface area contributed by atoms with Crippen molar-refractivity contribution in [3.8, 4) is 0 Å². The number of amides is 2. The largest absolute Gasteiger partial charge is 0.465 e. The van der Waals surface area contributed by atoms with Crippen LogP contribution in [-0.4, -0.2) is 51.6 Å². The zero-order valence-corrected chi connectivity index (χ0v) is 18.5. The minimum Gasteiger partial charge on any atom is -0.465 e. The SMILES string of the molecule is CC(C)(C)C1[C@@H](N(C(=O)c2ccccc2Cl)C2CCCCCC2)CCN1C(=O)O. The van der Waals surface area contributed by atoms with Crippen molar-refractivity contribution in [3.63, 3.8) is 0 Å². The first-order chi connectivity index (χ1) is 13.7. The molecular formula is C23H33ClN2O3. The summed E-state index contributed by atoms with van der Waals surface area (Å²) in [5, 5.41) is 10.3. The maximum Gasteiger partial charge on any atom is 0.407 e. The van der Waals surface area contributed by atoms with Crippen LogP contribution in [-0.2, 0) is 0 Å². The molecule has 0 radical (unpaired) electrons. The van der Waals surface area contributed by atoms with Crippen LogP contribution in [0.4, 0.5) is 4.79 Å². The summed E-state index contributed by atoms with van der Waals surface area (Å²) in [5.74, 6) is -0.0611. The van der Waals surface area contributed by atoms with Crippen LogP contribution in [0.25, 0.3) is 0 Å². The second-order valence-corrected chi connectivity index (χ2v) is 9.89. The first-order valence-electron chi connectivity index (χ1n) is 10.8. The second-order valence-electron chi connectivity index (χ2n) is 9.48. The topological polar surface area (TPSA) is 60.9 Å². The first kappa shape index (κ1) is 21.9. The zero-order chi connectivity index (χ0) is 21.2. The molecule has 1 unspecified atom stereocenters. The standard InChI is InChI=1S/C23H33ClN2O3/c1-23(2,3)20-19(14-15-25(20)22(28)29)26(16-10-6-4-5-7-11-16)21(27)17-12-8-9-13-18(17)24/h8-9,12-13,16,19-20H,4-7,10-11,14-15H2,1-3H3,(H,28,29)/t19-,20?/m0/s1. The molecule has 3 rings (SSSR count). The van der Waals surface area contributed by atoms with Gasteiger partial charge in [-0.2, -0.15) is 0 Å². The van der Waals surface area contributed by atoms with Gasteiger partial charge in [-0.05, 0) is 36.8 Å². The Morgan fingerprint density at radius 3 is 2.24 bits per heavy atom. The molecule has 1 aliphatic carbocycles. The Kier molecular flexibility index (Phi) is 6.77. The van der Waals surface area contributed by atoms with Crippen molar-refractivity contribution >= 4 is 23.6 Å². The van der Waals surface area contributed by atoms with Crippen molar-refractivity contribution < 1.29 is 14.7 Å². The molecule has 0 spiro atoms. The lowest BCUT2D eigenvalue weighted by Gasteiger charge is -2.44. The Labute approximate surface area is 179 Å². The molecule has 160 valence electrons. The number of carbonyl (C=O) groups excluding carboxylic acids is 1. The molecule has 0 aromatic heterocycles. The number of hydrogen-bond donors (Lipinski definition) is 1. The quantitative estimate of drug-likeness (QED) is 0.640. The Morgan fingerprint density at radius 1 is 1.07 bits per heavy atom. The number of carboxylic acid groups (broad SMARTS) is 1. The van der Waals surface area contributed by atoms with Crippen LogP contribution >= 0.6 is 11.6 Å². The van der Waals surface area contributed by atoms with E-state index in [0.717, 1.165) is 25.7 Å². The molecule has 0 bridgehead atoms. The van der Waals surface area contributed by atoms with Gasteiger partial charge in [0.05, 0.1) is 22.7 Å². The lowest BCUT2D eigenvalue weighted by Crippen LogP contribution is -2.57. The number of carbonyl (C=O) groups is 2. The molecule has 1 saturated heterocycles. The molecule has 1 heterocycles. The number of hydrogen-bond acceptors (Lipinski definition) is 2. The molecule has 2 amide bonds. The highest BCUT2D eigenvalue weighted by Crippen LogP contribution is 2.39. The number of rotatable bonds is 3. The van der Waals surface area contributed by atoms with Crippen LogP contribution in [0.1, 0.15) is 76.1 Å². The maximum absolute atomic E-state index is 13.8. The minimum atomic E-state index is -0.904. The summed E-state index contributed by atoms with van der Waals surface area (Å²) in [6.07, 6.45) is 6.30. The van der Waals surface area contributed by atoms with E-state index in [1.807, 2.05) is 17.0 Å². The van der Waals surface area contributed by atoms with E-state index in [2.05, 4.69) is 20.8 Å². The fourth-order valence-corrected chi connectivity index (χ4v) is 5.44. The van der Waals surface area contributed by atoms with Gasteiger partial charge in [-0.1, -0.05) is 70.2 Å². The van der Waals surface area contributed by atoms with Gasteiger partial charge in [0.15, 0.2) is 0 Å². The Hall–Kier alpha value is -1.75. The number of nitrogens with zero attached hydrogens (tertiary/aromatic N) is 2. The third-order valence-corrected chi connectivity index (χ3v) is 6.74. The van der Waals surface area contributed by atoms with E-state index < -0.39 is 6.09 Å². The minimum absolute atomic E-state index is 0.0611. The van der Waals surface area contributed by atoms with E-state index >= 15 is 0 Å². The summed E-state index contributed by atoms with van der Waals surface area (Å²) in [4.78, 5) is 29.3.